The summed E-state index contributed by atoms with van der Waals surface area (Å²) in [6.45, 7) is 1.29. The van der Waals surface area contributed by atoms with Gasteiger partial charge in [0.2, 0.25) is 5.91 Å². The van der Waals surface area contributed by atoms with Crippen LogP contribution in [0.3, 0.4) is 0 Å². The van der Waals surface area contributed by atoms with Gasteiger partial charge in [0.05, 0.1) is 0 Å². The average molecular weight is 289 g/mol. The molecule has 4 nitrogen and oxygen atoms in total. The fraction of sp³-hybridized carbons (Fsp3) is 0.588. The number of carbonyl (C=O) groups excluding carboxylic acids is 1. The summed E-state index contributed by atoms with van der Waals surface area (Å²) in [5.41, 5.74) is 13.6. The van der Waals surface area contributed by atoms with Crippen LogP contribution in [0, 0.1) is 5.41 Å². The highest BCUT2D eigenvalue weighted by molar-refractivity contribution is 5.76. The van der Waals surface area contributed by atoms with Crippen molar-refractivity contribution in [3.05, 3.63) is 29.8 Å². The van der Waals surface area contributed by atoms with Gasteiger partial charge in [0.1, 0.15) is 0 Å². The smallest absolute Gasteiger partial charge is 0.220 e. The van der Waals surface area contributed by atoms with E-state index in [1.54, 1.807) is 0 Å². The molecule has 0 aromatic heterocycles. The van der Waals surface area contributed by atoms with E-state index in [1.165, 1.54) is 24.8 Å². The molecule has 1 aromatic rings. The normalized spacial score (nSPS) is 17.4. The number of nitrogens with two attached hydrogens (primary N) is 2. The molecule has 0 unspecified atom stereocenters. The predicted octanol–water partition coefficient (Wildman–Crippen LogP) is 2.23. The maximum atomic E-state index is 12.1. The van der Waals surface area contributed by atoms with Crippen LogP contribution in [-0.4, -0.2) is 19.0 Å². The van der Waals surface area contributed by atoms with Gasteiger partial charge in [-0.05, 0) is 48.9 Å². The summed E-state index contributed by atoms with van der Waals surface area (Å²) in [5, 5.41) is 3.03. The molecule has 1 saturated carbocycles. The number of carbonyl (C=O) groups is 1. The number of anilines is 1. The molecule has 2 rings (SSSR count). The van der Waals surface area contributed by atoms with Gasteiger partial charge >= 0.3 is 0 Å². The predicted molar refractivity (Wildman–Crippen MR) is 86.8 cm³/mol. The number of rotatable bonds is 6. The maximum Gasteiger partial charge on any atom is 0.220 e. The second-order valence-corrected chi connectivity index (χ2v) is 6.28. The number of nitrogen functional groups attached to an aromatic ring is 1. The van der Waals surface area contributed by atoms with Gasteiger partial charge < -0.3 is 16.8 Å². The quantitative estimate of drug-likeness (QED) is 0.702. The molecule has 1 amide bonds. The third-order valence-electron chi connectivity index (χ3n) is 4.60. The summed E-state index contributed by atoms with van der Waals surface area (Å²) in [5.74, 6) is 0.137. The van der Waals surface area contributed by atoms with Gasteiger partial charge in [-0.3, -0.25) is 4.79 Å². The molecule has 21 heavy (non-hydrogen) atoms. The maximum absolute atomic E-state index is 12.1. The topological polar surface area (TPSA) is 81.1 Å². The van der Waals surface area contributed by atoms with E-state index >= 15 is 0 Å². The fourth-order valence-corrected chi connectivity index (χ4v) is 3.19. The van der Waals surface area contributed by atoms with E-state index in [0.29, 0.717) is 19.5 Å². The Labute approximate surface area is 127 Å². The number of hydrogen-bond donors (Lipinski definition) is 3. The van der Waals surface area contributed by atoms with Crippen LogP contribution in [0.4, 0.5) is 5.69 Å². The van der Waals surface area contributed by atoms with Crippen molar-refractivity contribution in [2.75, 3.05) is 18.8 Å². The zero-order valence-electron chi connectivity index (χ0n) is 12.7. The molecule has 0 aliphatic heterocycles. The van der Waals surface area contributed by atoms with Crippen molar-refractivity contribution in [3.63, 3.8) is 0 Å². The van der Waals surface area contributed by atoms with E-state index in [4.69, 9.17) is 11.5 Å². The van der Waals surface area contributed by atoms with Gasteiger partial charge in [-0.15, -0.1) is 0 Å². The highest BCUT2D eigenvalue weighted by Crippen LogP contribution is 2.38. The van der Waals surface area contributed by atoms with Crippen molar-refractivity contribution < 1.29 is 4.79 Å². The highest BCUT2D eigenvalue weighted by Gasteiger charge is 2.32. The molecule has 1 aliphatic carbocycles. The number of benzene rings is 1. The Morgan fingerprint density at radius 1 is 1.14 bits per heavy atom. The Morgan fingerprint density at radius 2 is 1.81 bits per heavy atom. The first-order valence-electron chi connectivity index (χ1n) is 7.95. The molecule has 0 spiro atoms. The van der Waals surface area contributed by atoms with Gasteiger partial charge in [0.25, 0.3) is 0 Å². The Kier molecular flexibility index (Phi) is 5.62. The van der Waals surface area contributed by atoms with Gasteiger partial charge in [0, 0.05) is 18.7 Å². The van der Waals surface area contributed by atoms with Crippen LogP contribution in [0.1, 0.15) is 44.1 Å². The van der Waals surface area contributed by atoms with Crippen LogP contribution in [-0.2, 0) is 11.2 Å². The van der Waals surface area contributed by atoms with Crippen LogP contribution >= 0.6 is 0 Å². The zero-order chi connectivity index (χ0) is 15.1. The lowest BCUT2D eigenvalue weighted by Crippen LogP contribution is -2.39. The summed E-state index contributed by atoms with van der Waals surface area (Å²) in [7, 11) is 0. The first-order chi connectivity index (χ1) is 10.1. The number of amides is 1. The molecule has 1 fully saturated rings. The van der Waals surface area contributed by atoms with E-state index in [2.05, 4.69) is 5.32 Å². The standard InChI is InChI=1S/C17H27N3O/c18-13-17(9-2-1-3-10-17)12-16(21)20-11-8-14-4-6-15(19)7-5-14/h4-7H,1-3,8-13,18-19H2,(H,20,21). The fourth-order valence-electron chi connectivity index (χ4n) is 3.19. The Balaban J connectivity index is 1.75. The second-order valence-electron chi connectivity index (χ2n) is 6.28. The van der Waals surface area contributed by atoms with Crippen LogP contribution in [0.2, 0.25) is 0 Å². The van der Waals surface area contributed by atoms with Crippen molar-refractivity contribution in [1.82, 2.24) is 5.32 Å². The Hall–Kier alpha value is -1.55. The molecule has 0 heterocycles. The van der Waals surface area contributed by atoms with Crippen LogP contribution in [0.25, 0.3) is 0 Å². The lowest BCUT2D eigenvalue weighted by atomic mass is 9.71. The van der Waals surface area contributed by atoms with E-state index < -0.39 is 0 Å². The van der Waals surface area contributed by atoms with Gasteiger partial charge in [-0.2, -0.15) is 0 Å². The molecular formula is C17H27N3O. The summed E-state index contributed by atoms with van der Waals surface area (Å²) in [6, 6.07) is 7.79. The van der Waals surface area contributed by atoms with E-state index in [0.717, 1.165) is 24.9 Å². The van der Waals surface area contributed by atoms with Crippen molar-refractivity contribution in [2.45, 2.75) is 44.9 Å². The monoisotopic (exact) mass is 289 g/mol. The molecule has 0 bridgehead atoms. The summed E-state index contributed by atoms with van der Waals surface area (Å²) >= 11 is 0. The largest absolute Gasteiger partial charge is 0.399 e. The molecule has 5 N–H and O–H groups in total. The minimum Gasteiger partial charge on any atom is -0.399 e. The van der Waals surface area contributed by atoms with E-state index in [9.17, 15) is 4.79 Å². The second kappa shape index (κ2) is 7.46. The van der Waals surface area contributed by atoms with Crippen molar-refractivity contribution in [2.24, 2.45) is 11.1 Å². The highest BCUT2D eigenvalue weighted by atomic mass is 16.1. The first kappa shape index (κ1) is 15.8. The molecule has 0 saturated heterocycles. The van der Waals surface area contributed by atoms with E-state index in [1.807, 2.05) is 24.3 Å². The SMILES string of the molecule is NCC1(CC(=O)NCCc2ccc(N)cc2)CCCCC1. The molecule has 4 heteroatoms. The third-order valence-corrected chi connectivity index (χ3v) is 4.60. The van der Waals surface area contributed by atoms with Crippen LogP contribution in [0.5, 0.6) is 0 Å². The average Bonchev–Trinajstić information content (AvgIpc) is 2.50. The summed E-state index contributed by atoms with van der Waals surface area (Å²) in [4.78, 5) is 12.1. The molecule has 1 aromatic carbocycles. The van der Waals surface area contributed by atoms with Gasteiger partial charge in [-0.25, -0.2) is 0 Å². The molecular weight excluding hydrogens is 262 g/mol. The number of hydrogen-bond acceptors (Lipinski definition) is 3. The molecule has 116 valence electrons. The minimum atomic E-state index is 0.0452. The number of nitrogens with one attached hydrogen (secondary N) is 1. The van der Waals surface area contributed by atoms with Gasteiger partial charge in [-0.1, -0.05) is 31.4 Å². The minimum absolute atomic E-state index is 0.0452. The van der Waals surface area contributed by atoms with E-state index in [-0.39, 0.29) is 11.3 Å². The Bertz CT molecular complexity index is 450. The Morgan fingerprint density at radius 3 is 2.43 bits per heavy atom. The van der Waals surface area contributed by atoms with Crippen LogP contribution < -0.4 is 16.8 Å². The van der Waals surface area contributed by atoms with Crippen LogP contribution in [0.15, 0.2) is 24.3 Å². The zero-order valence-corrected chi connectivity index (χ0v) is 12.7. The lowest BCUT2D eigenvalue weighted by Gasteiger charge is -2.35. The van der Waals surface area contributed by atoms with Crippen molar-refractivity contribution >= 4 is 11.6 Å². The van der Waals surface area contributed by atoms with Crippen molar-refractivity contribution in [3.8, 4) is 0 Å². The summed E-state index contributed by atoms with van der Waals surface area (Å²) in [6.07, 6.45) is 7.28. The van der Waals surface area contributed by atoms with Crippen molar-refractivity contribution in [1.29, 1.82) is 0 Å². The molecule has 0 radical (unpaired) electrons. The lowest BCUT2D eigenvalue weighted by molar-refractivity contribution is -0.123. The van der Waals surface area contributed by atoms with Gasteiger partial charge in [0.15, 0.2) is 0 Å². The third kappa shape index (κ3) is 4.74. The summed E-state index contributed by atoms with van der Waals surface area (Å²) < 4.78 is 0. The molecule has 0 atom stereocenters. The first-order valence-corrected chi connectivity index (χ1v) is 7.95. The molecule has 1 aliphatic rings.